The van der Waals surface area contributed by atoms with E-state index in [-0.39, 0.29) is 36.8 Å². The van der Waals surface area contributed by atoms with E-state index < -0.39 is 0 Å². The lowest BCUT2D eigenvalue weighted by molar-refractivity contribution is 0.0930. The average Bonchev–Trinajstić information content (AvgIpc) is 2.30. The fourth-order valence-electron chi connectivity index (χ4n) is 1.78. The molecular formula is C11H16BrCl2N3O. The molecule has 0 bridgehead atoms. The summed E-state index contributed by atoms with van der Waals surface area (Å²) in [4.78, 5) is 15.8. The van der Waals surface area contributed by atoms with Crippen molar-refractivity contribution in [1.82, 2.24) is 15.6 Å². The summed E-state index contributed by atoms with van der Waals surface area (Å²) in [6, 6.07) is 2.01. The molecule has 18 heavy (non-hydrogen) atoms. The van der Waals surface area contributed by atoms with Gasteiger partial charge in [-0.1, -0.05) is 0 Å². The maximum atomic E-state index is 11.9. The lowest BCUT2D eigenvalue weighted by Crippen LogP contribution is -2.45. The quantitative estimate of drug-likeness (QED) is 0.853. The van der Waals surface area contributed by atoms with Gasteiger partial charge in [0.25, 0.3) is 5.91 Å². The van der Waals surface area contributed by atoms with Gasteiger partial charge in [0, 0.05) is 29.5 Å². The Labute approximate surface area is 127 Å². The van der Waals surface area contributed by atoms with E-state index in [0.717, 1.165) is 30.4 Å². The number of aromatic nitrogens is 1. The summed E-state index contributed by atoms with van der Waals surface area (Å²) in [6.07, 6.45) is 5.40. The van der Waals surface area contributed by atoms with Crippen LogP contribution in [0, 0.1) is 0 Å². The van der Waals surface area contributed by atoms with Crippen LogP contribution in [0.4, 0.5) is 0 Å². The molecule has 1 amide bonds. The van der Waals surface area contributed by atoms with Gasteiger partial charge in [-0.3, -0.25) is 9.78 Å². The third kappa shape index (κ3) is 5.10. The molecule has 0 unspecified atom stereocenters. The van der Waals surface area contributed by atoms with E-state index in [1.807, 2.05) is 0 Å². The van der Waals surface area contributed by atoms with Crippen molar-refractivity contribution in [3.8, 4) is 0 Å². The Morgan fingerprint density at radius 1 is 1.44 bits per heavy atom. The van der Waals surface area contributed by atoms with Crippen LogP contribution >= 0.6 is 40.7 Å². The minimum atomic E-state index is -0.0532. The summed E-state index contributed by atoms with van der Waals surface area (Å²) in [5, 5.41) is 6.26. The van der Waals surface area contributed by atoms with Crippen molar-refractivity contribution in [2.45, 2.75) is 18.9 Å². The molecule has 0 radical (unpaired) electrons. The van der Waals surface area contributed by atoms with E-state index in [0.29, 0.717) is 5.56 Å². The molecule has 1 aliphatic heterocycles. The van der Waals surface area contributed by atoms with Gasteiger partial charge < -0.3 is 10.6 Å². The van der Waals surface area contributed by atoms with E-state index in [9.17, 15) is 4.79 Å². The summed E-state index contributed by atoms with van der Waals surface area (Å²) in [5.41, 5.74) is 0.597. The first kappa shape index (κ1) is 17.6. The van der Waals surface area contributed by atoms with Crippen molar-refractivity contribution in [2.24, 2.45) is 0 Å². The monoisotopic (exact) mass is 355 g/mol. The molecule has 7 heteroatoms. The molecule has 102 valence electrons. The van der Waals surface area contributed by atoms with E-state index >= 15 is 0 Å². The number of hydrogen-bond acceptors (Lipinski definition) is 3. The van der Waals surface area contributed by atoms with Crippen molar-refractivity contribution < 1.29 is 4.79 Å². The Hall–Kier alpha value is -0.360. The molecule has 0 saturated carbocycles. The highest BCUT2D eigenvalue weighted by molar-refractivity contribution is 9.10. The lowest BCUT2D eigenvalue weighted by atomic mass is 10.1. The van der Waals surface area contributed by atoms with E-state index in [1.165, 1.54) is 0 Å². The number of carbonyl (C=O) groups is 1. The molecule has 1 aromatic rings. The van der Waals surface area contributed by atoms with Crippen LogP contribution in [0.2, 0.25) is 0 Å². The molecule has 1 aliphatic rings. The largest absolute Gasteiger partial charge is 0.348 e. The van der Waals surface area contributed by atoms with Crippen LogP contribution in [0.1, 0.15) is 23.2 Å². The van der Waals surface area contributed by atoms with Crippen molar-refractivity contribution >= 4 is 46.7 Å². The van der Waals surface area contributed by atoms with Crippen molar-refractivity contribution in [1.29, 1.82) is 0 Å². The molecular weight excluding hydrogens is 341 g/mol. The summed E-state index contributed by atoms with van der Waals surface area (Å²) in [5.74, 6) is -0.0532. The van der Waals surface area contributed by atoms with Crippen LogP contribution in [0.3, 0.4) is 0 Å². The molecule has 0 spiro atoms. The van der Waals surface area contributed by atoms with Gasteiger partial charge in [0.05, 0.1) is 5.56 Å². The highest BCUT2D eigenvalue weighted by atomic mass is 79.9. The maximum Gasteiger partial charge on any atom is 0.253 e. The highest BCUT2D eigenvalue weighted by Crippen LogP contribution is 2.10. The van der Waals surface area contributed by atoms with Crippen LogP contribution in [-0.2, 0) is 0 Å². The minimum Gasteiger partial charge on any atom is -0.348 e. The standard InChI is InChI=1S/C11H14BrN3O.2ClH/c12-9-4-8(5-14-6-9)11(16)15-10-2-1-3-13-7-10;;/h4-6,10,13H,1-3,7H2,(H,15,16);2*1H/t10-;;/m1../s1. The van der Waals surface area contributed by atoms with Crippen LogP contribution in [0.5, 0.6) is 0 Å². The number of rotatable bonds is 2. The van der Waals surface area contributed by atoms with Gasteiger partial charge in [-0.15, -0.1) is 24.8 Å². The van der Waals surface area contributed by atoms with Crippen molar-refractivity contribution in [3.05, 3.63) is 28.5 Å². The predicted octanol–water partition coefficient (Wildman–Crippen LogP) is 2.17. The number of halogens is 3. The molecule has 0 aromatic carbocycles. The molecule has 1 aromatic heterocycles. The topological polar surface area (TPSA) is 54.0 Å². The molecule has 2 N–H and O–H groups in total. The first-order valence-corrected chi connectivity index (χ1v) is 6.17. The van der Waals surface area contributed by atoms with Gasteiger partial charge in [0.2, 0.25) is 0 Å². The zero-order valence-corrected chi connectivity index (χ0v) is 12.9. The number of nitrogens with zero attached hydrogens (tertiary/aromatic N) is 1. The molecule has 2 heterocycles. The van der Waals surface area contributed by atoms with Crippen LogP contribution in [0.15, 0.2) is 22.9 Å². The summed E-state index contributed by atoms with van der Waals surface area (Å²) >= 11 is 3.30. The zero-order chi connectivity index (χ0) is 11.4. The lowest BCUT2D eigenvalue weighted by Gasteiger charge is -2.23. The Morgan fingerprint density at radius 3 is 2.83 bits per heavy atom. The van der Waals surface area contributed by atoms with E-state index in [1.54, 1.807) is 18.5 Å². The Balaban J connectivity index is 0.00000144. The van der Waals surface area contributed by atoms with Gasteiger partial charge in [0.1, 0.15) is 0 Å². The molecule has 1 atom stereocenters. The number of hydrogen-bond donors (Lipinski definition) is 2. The molecule has 4 nitrogen and oxygen atoms in total. The molecule has 1 fully saturated rings. The molecule has 2 rings (SSSR count). The van der Waals surface area contributed by atoms with Crippen LogP contribution in [0.25, 0.3) is 0 Å². The number of nitrogens with one attached hydrogen (secondary N) is 2. The zero-order valence-electron chi connectivity index (χ0n) is 9.69. The first-order chi connectivity index (χ1) is 7.75. The number of piperidine rings is 1. The Kier molecular flexibility index (Phi) is 8.52. The van der Waals surface area contributed by atoms with Gasteiger partial charge >= 0.3 is 0 Å². The fraction of sp³-hybridized carbons (Fsp3) is 0.455. The van der Waals surface area contributed by atoms with E-state index in [4.69, 9.17) is 0 Å². The third-order valence-electron chi connectivity index (χ3n) is 2.60. The second-order valence-electron chi connectivity index (χ2n) is 3.91. The van der Waals surface area contributed by atoms with Crippen LogP contribution < -0.4 is 10.6 Å². The third-order valence-corrected chi connectivity index (χ3v) is 3.03. The SMILES string of the molecule is Cl.Cl.O=C(N[C@@H]1CCCNC1)c1cncc(Br)c1. The van der Waals surface area contributed by atoms with Gasteiger partial charge in [-0.25, -0.2) is 0 Å². The summed E-state index contributed by atoms with van der Waals surface area (Å²) in [6.45, 7) is 1.90. The van der Waals surface area contributed by atoms with Gasteiger partial charge in [0.15, 0.2) is 0 Å². The predicted molar refractivity (Wildman–Crippen MR) is 79.8 cm³/mol. The first-order valence-electron chi connectivity index (χ1n) is 5.38. The second kappa shape index (κ2) is 8.69. The van der Waals surface area contributed by atoms with Gasteiger partial charge in [-0.2, -0.15) is 0 Å². The Morgan fingerprint density at radius 2 is 2.22 bits per heavy atom. The van der Waals surface area contributed by atoms with Crippen molar-refractivity contribution in [2.75, 3.05) is 13.1 Å². The smallest absolute Gasteiger partial charge is 0.253 e. The van der Waals surface area contributed by atoms with Gasteiger partial charge in [-0.05, 0) is 41.4 Å². The molecule has 0 aliphatic carbocycles. The number of amides is 1. The number of pyridine rings is 1. The maximum absolute atomic E-state index is 11.9. The summed E-state index contributed by atoms with van der Waals surface area (Å²) in [7, 11) is 0. The Bertz CT molecular complexity index is 386. The second-order valence-corrected chi connectivity index (χ2v) is 4.82. The minimum absolute atomic E-state index is 0. The molecule has 1 saturated heterocycles. The van der Waals surface area contributed by atoms with E-state index in [2.05, 4.69) is 31.5 Å². The number of carbonyl (C=O) groups excluding carboxylic acids is 1. The highest BCUT2D eigenvalue weighted by Gasteiger charge is 2.16. The fourth-order valence-corrected chi connectivity index (χ4v) is 2.14. The summed E-state index contributed by atoms with van der Waals surface area (Å²) < 4.78 is 0.821. The normalized spacial score (nSPS) is 18.2. The van der Waals surface area contributed by atoms with Crippen LogP contribution in [-0.4, -0.2) is 30.0 Å². The average molecular weight is 357 g/mol. The van der Waals surface area contributed by atoms with Crippen molar-refractivity contribution in [3.63, 3.8) is 0 Å².